The van der Waals surface area contributed by atoms with E-state index in [1.807, 2.05) is 29.3 Å². The first-order valence-corrected chi connectivity index (χ1v) is 13.3. The van der Waals surface area contributed by atoms with Crippen molar-refractivity contribution in [3.05, 3.63) is 65.5 Å². The lowest BCUT2D eigenvalue weighted by Crippen LogP contribution is -2.37. The second-order valence-electron chi connectivity index (χ2n) is 9.02. The Morgan fingerprint density at radius 1 is 1.03 bits per heavy atom. The summed E-state index contributed by atoms with van der Waals surface area (Å²) < 4.78 is 29.5. The van der Waals surface area contributed by atoms with Gasteiger partial charge in [-0.15, -0.1) is 0 Å². The third kappa shape index (κ3) is 4.17. The highest BCUT2D eigenvalue weighted by Gasteiger charge is 2.30. The molecule has 5 rings (SSSR count). The normalized spacial score (nSPS) is 18.3. The van der Waals surface area contributed by atoms with Gasteiger partial charge >= 0.3 is 0 Å². The van der Waals surface area contributed by atoms with E-state index >= 15 is 0 Å². The fourth-order valence-corrected chi connectivity index (χ4v) is 6.45. The zero-order chi connectivity index (χ0) is 23.0. The van der Waals surface area contributed by atoms with E-state index < -0.39 is 10.0 Å². The highest BCUT2D eigenvalue weighted by molar-refractivity contribution is 7.89. The molecule has 2 aromatic heterocycles. The van der Waals surface area contributed by atoms with E-state index in [-0.39, 0.29) is 11.8 Å². The standard InChI is InChI=1S/C25H30N4O3S/c1-2-19-5-7-22(8-6-19)33(31,32)28-14-9-20(10-15-28)21-11-16-29-24(17-21)23(18-26-29)25(30)27-12-3-4-13-27/h5-8,11,16-18,20H,2-4,9-10,12-15H2,1H3. The molecule has 2 fully saturated rings. The van der Waals surface area contributed by atoms with Gasteiger partial charge in [0.25, 0.3) is 5.91 Å². The maximum atomic E-state index is 13.1. The van der Waals surface area contributed by atoms with E-state index in [0.29, 0.717) is 23.5 Å². The van der Waals surface area contributed by atoms with E-state index in [2.05, 4.69) is 18.1 Å². The minimum Gasteiger partial charge on any atom is -0.339 e. The Bertz CT molecular complexity index is 1250. The van der Waals surface area contributed by atoms with Crippen molar-refractivity contribution in [3.63, 3.8) is 0 Å². The van der Waals surface area contributed by atoms with Crippen molar-refractivity contribution >= 4 is 21.4 Å². The van der Waals surface area contributed by atoms with Crippen LogP contribution in [0.1, 0.15) is 60.0 Å². The molecule has 1 amide bonds. The van der Waals surface area contributed by atoms with Crippen molar-refractivity contribution in [2.75, 3.05) is 26.2 Å². The molecule has 174 valence electrons. The SMILES string of the molecule is CCc1ccc(S(=O)(=O)N2CCC(c3ccn4ncc(C(=O)N5CCCC5)c4c3)CC2)cc1. The van der Waals surface area contributed by atoms with E-state index in [9.17, 15) is 13.2 Å². The number of carbonyl (C=O) groups excluding carboxylic acids is 1. The number of pyridine rings is 1. The minimum absolute atomic E-state index is 0.0506. The zero-order valence-electron chi connectivity index (χ0n) is 19.0. The number of hydrogen-bond acceptors (Lipinski definition) is 4. The van der Waals surface area contributed by atoms with Crippen LogP contribution in [0.3, 0.4) is 0 Å². The molecule has 4 heterocycles. The number of sulfonamides is 1. The fraction of sp³-hybridized carbons (Fsp3) is 0.440. The molecule has 0 spiro atoms. The number of fused-ring (bicyclic) bond motifs is 1. The van der Waals surface area contributed by atoms with Gasteiger partial charge in [0.2, 0.25) is 10.0 Å². The van der Waals surface area contributed by atoms with Gasteiger partial charge < -0.3 is 4.90 Å². The molecular weight excluding hydrogens is 436 g/mol. The Morgan fingerprint density at radius 3 is 2.39 bits per heavy atom. The van der Waals surface area contributed by atoms with Gasteiger partial charge in [0, 0.05) is 32.4 Å². The Labute approximate surface area is 195 Å². The number of aromatic nitrogens is 2. The van der Waals surface area contributed by atoms with Crippen molar-refractivity contribution in [1.82, 2.24) is 18.8 Å². The molecular formula is C25H30N4O3S. The summed E-state index contributed by atoms with van der Waals surface area (Å²) in [5.41, 5.74) is 3.75. The lowest BCUT2D eigenvalue weighted by atomic mass is 9.90. The average molecular weight is 467 g/mol. The molecule has 0 unspecified atom stereocenters. The van der Waals surface area contributed by atoms with Crippen LogP contribution in [0.2, 0.25) is 0 Å². The number of piperidine rings is 1. The largest absolute Gasteiger partial charge is 0.339 e. The van der Waals surface area contributed by atoms with E-state index in [1.165, 1.54) is 0 Å². The number of rotatable bonds is 5. The second kappa shape index (κ2) is 8.91. The Kier molecular flexibility index (Phi) is 5.97. The topological polar surface area (TPSA) is 75.0 Å². The third-order valence-corrected chi connectivity index (χ3v) is 8.98. The molecule has 0 bridgehead atoms. The zero-order valence-corrected chi connectivity index (χ0v) is 19.8. The monoisotopic (exact) mass is 466 g/mol. The molecule has 0 aliphatic carbocycles. The van der Waals surface area contributed by atoms with Crippen molar-refractivity contribution in [2.24, 2.45) is 0 Å². The van der Waals surface area contributed by atoms with Crippen LogP contribution in [0.15, 0.2) is 53.7 Å². The van der Waals surface area contributed by atoms with Crippen LogP contribution in [-0.4, -0.2) is 59.3 Å². The minimum atomic E-state index is -3.48. The summed E-state index contributed by atoms with van der Waals surface area (Å²) in [6.07, 6.45) is 8.08. The quantitative estimate of drug-likeness (QED) is 0.575. The molecule has 3 aromatic rings. The number of aryl methyl sites for hydroxylation is 1. The van der Waals surface area contributed by atoms with Crippen LogP contribution in [0.4, 0.5) is 0 Å². The van der Waals surface area contributed by atoms with Crippen molar-refractivity contribution in [1.29, 1.82) is 0 Å². The molecule has 33 heavy (non-hydrogen) atoms. The van der Waals surface area contributed by atoms with Gasteiger partial charge in [-0.2, -0.15) is 9.40 Å². The van der Waals surface area contributed by atoms with Crippen LogP contribution in [-0.2, 0) is 16.4 Å². The maximum Gasteiger partial charge on any atom is 0.257 e. The van der Waals surface area contributed by atoms with Gasteiger partial charge in [0.05, 0.1) is 22.2 Å². The summed E-state index contributed by atoms with van der Waals surface area (Å²) in [5.74, 6) is 0.309. The lowest BCUT2D eigenvalue weighted by molar-refractivity contribution is 0.0794. The van der Waals surface area contributed by atoms with Crippen LogP contribution < -0.4 is 0 Å². The first kappa shape index (κ1) is 22.1. The first-order valence-electron chi connectivity index (χ1n) is 11.8. The Balaban J connectivity index is 1.31. The smallest absolute Gasteiger partial charge is 0.257 e. The van der Waals surface area contributed by atoms with E-state index in [4.69, 9.17) is 0 Å². The molecule has 0 N–H and O–H groups in total. The van der Waals surface area contributed by atoms with E-state index in [1.54, 1.807) is 27.2 Å². The van der Waals surface area contributed by atoms with Gasteiger partial charge in [-0.3, -0.25) is 4.79 Å². The van der Waals surface area contributed by atoms with Gasteiger partial charge in [0.15, 0.2) is 0 Å². The molecule has 8 heteroatoms. The predicted molar refractivity (Wildman–Crippen MR) is 127 cm³/mol. The van der Waals surface area contributed by atoms with E-state index in [0.717, 1.165) is 61.8 Å². The summed E-state index contributed by atoms with van der Waals surface area (Å²) in [5, 5.41) is 4.37. The molecule has 2 aliphatic rings. The highest BCUT2D eigenvalue weighted by Crippen LogP contribution is 2.32. The number of nitrogens with zero attached hydrogens (tertiary/aromatic N) is 4. The molecule has 0 atom stereocenters. The number of carbonyl (C=O) groups is 1. The molecule has 0 radical (unpaired) electrons. The van der Waals surface area contributed by atoms with Crippen molar-refractivity contribution in [2.45, 2.75) is 49.8 Å². The summed E-state index contributed by atoms with van der Waals surface area (Å²) in [6, 6.07) is 11.3. The lowest BCUT2D eigenvalue weighted by Gasteiger charge is -2.31. The molecule has 0 saturated carbocycles. The first-order chi connectivity index (χ1) is 16.0. The van der Waals surface area contributed by atoms with Crippen LogP contribution >= 0.6 is 0 Å². The molecule has 1 aromatic carbocycles. The van der Waals surface area contributed by atoms with Crippen LogP contribution in [0.25, 0.3) is 5.52 Å². The molecule has 7 nitrogen and oxygen atoms in total. The summed E-state index contributed by atoms with van der Waals surface area (Å²) in [4.78, 5) is 15.2. The van der Waals surface area contributed by atoms with Gasteiger partial charge in [0.1, 0.15) is 0 Å². The van der Waals surface area contributed by atoms with Crippen molar-refractivity contribution < 1.29 is 13.2 Å². The van der Waals surface area contributed by atoms with Crippen LogP contribution in [0, 0.1) is 0 Å². The summed E-state index contributed by atoms with van der Waals surface area (Å²) in [7, 11) is -3.48. The Morgan fingerprint density at radius 2 is 1.73 bits per heavy atom. The molecule has 2 saturated heterocycles. The summed E-state index contributed by atoms with van der Waals surface area (Å²) >= 11 is 0. The maximum absolute atomic E-state index is 13.1. The van der Waals surface area contributed by atoms with Gasteiger partial charge in [-0.05, 0) is 73.4 Å². The van der Waals surface area contributed by atoms with Crippen molar-refractivity contribution in [3.8, 4) is 0 Å². The summed E-state index contributed by atoms with van der Waals surface area (Å²) in [6.45, 7) is 4.66. The average Bonchev–Trinajstić information content (AvgIpc) is 3.54. The van der Waals surface area contributed by atoms with Crippen LogP contribution in [0.5, 0.6) is 0 Å². The number of likely N-dealkylation sites (tertiary alicyclic amines) is 1. The molecule has 2 aliphatic heterocycles. The van der Waals surface area contributed by atoms with Gasteiger partial charge in [-0.25, -0.2) is 12.9 Å². The number of amides is 1. The third-order valence-electron chi connectivity index (χ3n) is 7.06. The highest BCUT2D eigenvalue weighted by atomic mass is 32.2. The number of hydrogen-bond donors (Lipinski definition) is 0. The predicted octanol–water partition coefficient (Wildman–Crippen LogP) is 3.70. The number of benzene rings is 1. The Hall–Kier alpha value is -2.71. The fourth-order valence-electron chi connectivity index (χ4n) is 4.98. The second-order valence-corrected chi connectivity index (χ2v) is 11.0. The van der Waals surface area contributed by atoms with Gasteiger partial charge in [-0.1, -0.05) is 19.1 Å².